The maximum Gasteiger partial charge on any atom is 0.255 e. The van der Waals surface area contributed by atoms with E-state index in [9.17, 15) is 4.79 Å². The number of hydrogen-bond acceptors (Lipinski definition) is 4. The van der Waals surface area contributed by atoms with Gasteiger partial charge in [-0.25, -0.2) is 0 Å². The number of nitrogens with two attached hydrogens (primary N) is 1. The van der Waals surface area contributed by atoms with E-state index in [0.29, 0.717) is 6.54 Å². The van der Waals surface area contributed by atoms with Crippen LogP contribution in [0.5, 0.6) is 0 Å². The van der Waals surface area contributed by atoms with Crippen LogP contribution in [0, 0.1) is 0 Å². The van der Waals surface area contributed by atoms with Crippen molar-refractivity contribution in [1.82, 2.24) is 4.90 Å². The second-order valence-corrected chi connectivity index (χ2v) is 7.21. The van der Waals surface area contributed by atoms with Gasteiger partial charge in [0.25, 0.3) is 5.91 Å². The molecule has 0 radical (unpaired) electrons. The Morgan fingerprint density at radius 1 is 1.33 bits per heavy atom. The third kappa shape index (κ3) is 3.48. The first kappa shape index (κ1) is 14.6. The second-order valence-electron chi connectivity index (χ2n) is 5.16. The second kappa shape index (κ2) is 6.64. The largest absolute Gasteiger partial charge is 0.337 e. The molecule has 1 aliphatic heterocycles. The molecule has 2 aromatic rings. The monoisotopic (exact) mass is 318 g/mol. The van der Waals surface area contributed by atoms with Gasteiger partial charge in [-0.05, 0) is 30.0 Å². The molecule has 21 heavy (non-hydrogen) atoms. The van der Waals surface area contributed by atoms with Crippen LogP contribution >= 0.6 is 23.1 Å². The van der Waals surface area contributed by atoms with Gasteiger partial charge in [-0.2, -0.15) is 0 Å². The fraction of sp³-hybridized carbons (Fsp3) is 0.312. The predicted molar refractivity (Wildman–Crippen MR) is 88.8 cm³/mol. The number of benzene rings is 1. The Morgan fingerprint density at radius 2 is 2.19 bits per heavy atom. The van der Waals surface area contributed by atoms with Gasteiger partial charge in [0.1, 0.15) is 0 Å². The molecule has 5 heteroatoms. The zero-order valence-corrected chi connectivity index (χ0v) is 13.3. The molecule has 1 amide bonds. The third-order valence-corrected chi connectivity index (χ3v) is 5.76. The summed E-state index contributed by atoms with van der Waals surface area (Å²) in [5, 5.41) is 2.08. The summed E-state index contributed by atoms with van der Waals surface area (Å²) in [6.45, 7) is 1.44. The van der Waals surface area contributed by atoms with Crippen molar-refractivity contribution in [3.8, 4) is 0 Å². The summed E-state index contributed by atoms with van der Waals surface area (Å²) in [6.07, 6.45) is 0.899. The molecule has 0 spiro atoms. The maximum absolute atomic E-state index is 12.6. The van der Waals surface area contributed by atoms with E-state index in [-0.39, 0.29) is 11.9 Å². The summed E-state index contributed by atoms with van der Waals surface area (Å²) < 4.78 is 0. The Bertz CT molecular complexity index is 612. The summed E-state index contributed by atoms with van der Waals surface area (Å²) in [6, 6.07) is 12.2. The van der Waals surface area contributed by atoms with E-state index in [0.717, 1.165) is 29.2 Å². The van der Waals surface area contributed by atoms with E-state index >= 15 is 0 Å². The lowest BCUT2D eigenvalue weighted by atomic mass is 10.2. The lowest BCUT2D eigenvalue weighted by Crippen LogP contribution is -2.32. The van der Waals surface area contributed by atoms with Crippen molar-refractivity contribution in [1.29, 1.82) is 0 Å². The normalized spacial score (nSPS) is 18.1. The highest BCUT2D eigenvalue weighted by molar-refractivity contribution is 7.98. The highest BCUT2D eigenvalue weighted by Gasteiger charge is 2.25. The van der Waals surface area contributed by atoms with Crippen molar-refractivity contribution in [3.05, 3.63) is 52.2 Å². The van der Waals surface area contributed by atoms with Gasteiger partial charge in [0.2, 0.25) is 0 Å². The van der Waals surface area contributed by atoms with Crippen LogP contribution in [-0.2, 0) is 5.75 Å². The molecule has 1 atom stereocenters. The van der Waals surface area contributed by atoms with Gasteiger partial charge in [-0.1, -0.05) is 18.2 Å². The van der Waals surface area contributed by atoms with Crippen LogP contribution in [0.2, 0.25) is 0 Å². The van der Waals surface area contributed by atoms with Gasteiger partial charge in [0.15, 0.2) is 0 Å². The molecule has 2 heterocycles. The van der Waals surface area contributed by atoms with Gasteiger partial charge in [0, 0.05) is 34.7 Å². The Hall–Kier alpha value is -1.30. The Labute approximate surface area is 133 Å². The van der Waals surface area contributed by atoms with Crippen LogP contribution in [-0.4, -0.2) is 29.9 Å². The minimum absolute atomic E-state index is 0.109. The van der Waals surface area contributed by atoms with Crippen molar-refractivity contribution in [3.63, 3.8) is 0 Å². The van der Waals surface area contributed by atoms with Gasteiger partial charge >= 0.3 is 0 Å². The van der Waals surface area contributed by atoms with Crippen molar-refractivity contribution in [2.24, 2.45) is 5.73 Å². The summed E-state index contributed by atoms with van der Waals surface area (Å²) in [7, 11) is 0. The first-order valence-corrected chi connectivity index (χ1v) is 8.89. The number of thioether (sulfide) groups is 1. The first-order chi connectivity index (χ1) is 10.2. The van der Waals surface area contributed by atoms with E-state index in [1.807, 2.05) is 29.2 Å². The number of carbonyl (C=O) groups excluding carboxylic acids is 1. The van der Waals surface area contributed by atoms with Crippen LogP contribution in [0.3, 0.4) is 0 Å². The van der Waals surface area contributed by atoms with Crippen LogP contribution < -0.4 is 5.73 Å². The average molecular weight is 318 g/mol. The van der Waals surface area contributed by atoms with E-state index in [1.54, 1.807) is 23.1 Å². The van der Waals surface area contributed by atoms with E-state index in [4.69, 9.17) is 5.73 Å². The van der Waals surface area contributed by atoms with Crippen LogP contribution in [0.25, 0.3) is 0 Å². The SMILES string of the molecule is N[C@@H]1CCN(C(=O)c2ccccc2SCc2cccs2)C1. The minimum Gasteiger partial charge on any atom is -0.337 e. The smallest absolute Gasteiger partial charge is 0.255 e. The summed E-state index contributed by atoms with van der Waals surface area (Å²) in [5.74, 6) is 1.01. The van der Waals surface area contributed by atoms with E-state index < -0.39 is 0 Å². The van der Waals surface area contributed by atoms with E-state index in [1.165, 1.54) is 4.88 Å². The molecule has 1 aromatic carbocycles. The fourth-order valence-electron chi connectivity index (χ4n) is 2.45. The van der Waals surface area contributed by atoms with E-state index in [2.05, 4.69) is 17.5 Å². The van der Waals surface area contributed by atoms with Crippen molar-refractivity contribution in [2.75, 3.05) is 13.1 Å². The highest BCUT2D eigenvalue weighted by Crippen LogP contribution is 2.29. The summed E-state index contributed by atoms with van der Waals surface area (Å²) >= 11 is 3.47. The molecule has 0 bridgehead atoms. The van der Waals surface area contributed by atoms with Crippen LogP contribution in [0.4, 0.5) is 0 Å². The molecule has 3 nitrogen and oxygen atoms in total. The highest BCUT2D eigenvalue weighted by atomic mass is 32.2. The third-order valence-electron chi connectivity index (χ3n) is 3.58. The lowest BCUT2D eigenvalue weighted by molar-refractivity contribution is 0.0787. The number of rotatable bonds is 4. The number of likely N-dealkylation sites (tertiary alicyclic amines) is 1. The molecule has 0 aliphatic carbocycles. The van der Waals surface area contributed by atoms with Gasteiger partial charge < -0.3 is 10.6 Å². The molecule has 1 aromatic heterocycles. The number of thiophene rings is 1. The Balaban J connectivity index is 1.74. The predicted octanol–water partition coefficient (Wildman–Crippen LogP) is 3.21. The zero-order valence-electron chi connectivity index (χ0n) is 11.7. The van der Waals surface area contributed by atoms with Crippen molar-refractivity contribution >= 4 is 29.0 Å². The Kier molecular flexibility index (Phi) is 4.63. The molecule has 2 N–H and O–H groups in total. The molecule has 1 aliphatic rings. The van der Waals surface area contributed by atoms with Gasteiger partial charge in [-0.3, -0.25) is 4.79 Å². The fourth-order valence-corrected chi connectivity index (χ4v) is 4.27. The van der Waals surface area contributed by atoms with Crippen LogP contribution in [0.15, 0.2) is 46.7 Å². The molecular weight excluding hydrogens is 300 g/mol. The molecular formula is C16H18N2OS2. The average Bonchev–Trinajstić information content (AvgIpc) is 3.16. The van der Waals surface area contributed by atoms with Crippen molar-refractivity contribution < 1.29 is 4.79 Å². The Morgan fingerprint density at radius 3 is 2.90 bits per heavy atom. The number of carbonyl (C=O) groups is 1. The van der Waals surface area contributed by atoms with Gasteiger partial charge in [-0.15, -0.1) is 23.1 Å². The van der Waals surface area contributed by atoms with Crippen LogP contribution in [0.1, 0.15) is 21.7 Å². The molecule has 3 rings (SSSR count). The van der Waals surface area contributed by atoms with Gasteiger partial charge in [0.05, 0.1) is 5.56 Å². The minimum atomic E-state index is 0.109. The first-order valence-electron chi connectivity index (χ1n) is 7.03. The maximum atomic E-state index is 12.6. The quantitative estimate of drug-likeness (QED) is 0.881. The number of hydrogen-bond donors (Lipinski definition) is 1. The molecule has 0 unspecified atom stereocenters. The molecule has 0 saturated carbocycles. The molecule has 1 fully saturated rings. The summed E-state index contributed by atoms with van der Waals surface area (Å²) in [4.78, 5) is 16.9. The number of amides is 1. The zero-order chi connectivity index (χ0) is 14.7. The molecule has 1 saturated heterocycles. The topological polar surface area (TPSA) is 46.3 Å². The lowest BCUT2D eigenvalue weighted by Gasteiger charge is -2.17. The standard InChI is InChI=1S/C16H18N2OS2/c17-12-7-8-18(10-12)16(19)14-5-1-2-6-15(14)21-11-13-4-3-9-20-13/h1-6,9,12H,7-8,10-11,17H2/t12-/m1/s1. The summed E-state index contributed by atoms with van der Waals surface area (Å²) in [5.41, 5.74) is 6.70. The molecule has 110 valence electrons. The number of nitrogens with zero attached hydrogens (tertiary/aromatic N) is 1. The van der Waals surface area contributed by atoms with Crippen molar-refractivity contribution in [2.45, 2.75) is 23.1 Å².